The molecule has 0 saturated carbocycles. The van der Waals surface area contributed by atoms with Crippen LogP contribution < -0.4 is 4.74 Å². The molecule has 0 bridgehead atoms. The van der Waals surface area contributed by atoms with E-state index in [-0.39, 0.29) is 0 Å². The Morgan fingerprint density at radius 2 is 1.85 bits per heavy atom. The highest BCUT2D eigenvalue weighted by Gasteiger charge is 2.22. The number of nitrogens with zero attached hydrogens (tertiary/aromatic N) is 1. The van der Waals surface area contributed by atoms with E-state index in [0.29, 0.717) is 25.3 Å². The van der Waals surface area contributed by atoms with Crippen LogP contribution >= 0.6 is 11.8 Å². The van der Waals surface area contributed by atoms with Gasteiger partial charge in [-0.15, -0.1) is 11.8 Å². The molecule has 0 radical (unpaired) electrons. The molecule has 2 aromatic carbocycles. The molecule has 0 heterocycles. The zero-order valence-electron chi connectivity index (χ0n) is 15.6. The van der Waals surface area contributed by atoms with Crippen molar-refractivity contribution in [3.05, 3.63) is 60.2 Å². The van der Waals surface area contributed by atoms with Gasteiger partial charge in [0.05, 0.1) is 12.3 Å². The Kier molecular flexibility index (Phi) is 8.71. The maximum Gasteiger partial charge on any atom is 0.312 e. The summed E-state index contributed by atoms with van der Waals surface area (Å²) in [4.78, 5) is 17.7. The molecule has 2 aromatic rings. The van der Waals surface area contributed by atoms with E-state index >= 15 is 0 Å². The average molecular weight is 388 g/mol. The molecular weight excluding hydrogens is 362 g/mol. The smallest absolute Gasteiger partial charge is 0.312 e. The van der Waals surface area contributed by atoms with Gasteiger partial charge in [-0.25, -0.2) is 0 Å². The minimum absolute atomic E-state index is 0.363. The van der Waals surface area contributed by atoms with Crippen LogP contribution in [0.4, 0.5) is 0 Å². The minimum Gasteiger partial charge on any atom is -0.493 e. The van der Waals surface area contributed by atoms with Gasteiger partial charge in [-0.05, 0) is 50.1 Å². The molecule has 1 N–H and O–H groups in total. The van der Waals surface area contributed by atoms with Gasteiger partial charge in [-0.2, -0.15) is 0 Å². The fourth-order valence-electron chi connectivity index (χ4n) is 2.44. The number of ether oxygens (including phenoxy) is 1. The number of benzene rings is 2. The Labute approximate surface area is 164 Å². The van der Waals surface area contributed by atoms with Crippen LogP contribution in [0.2, 0.25) is 0 Å². The number of carboxylic acids is 1. The highest BCUT2D eigenvalue weighted by atomic mass is 32.2. The lowest BCUT2D eigenvalue weighted by molar-refractivity contribution is -0.139. The first-order valence-electron chi connectivity index (χ1n) is 8.89. The van der Waals surface area contributed by atoms with E-state index in [2.05, 4.69) is 17.3 Å². The summed E-state index contributed by atoms with van der Waals surface area (Å²) in [5.74, 6) is 0.0266. The monoisotopic (exact) mass is 387 g/mol. The van der Waals surface area contributed by atoms with E-state index in [1.807, 2.05) is 49.4 Å². The average Bonchev–Trinajstić information content (AvgIpc) is 2.69. The van der Waals surface area contributed by atoms with Crippen LogP contribution in [-0.4, -0.2) is 35.8 Å². The highest BCUT2D eigenvalue weighted by molar-refractivity contribution is 7.99. The number of hydrogen-bond donors (Lipinski definition) is 1. The third-order valence-electron chi connectivity index (χ3n) is 3.87. The third-order valence-corrected chi connectivity index (χ3v) is 4.84. The summed E-state index contributed by atoms with van der Waals surface area (Å²) in [5.41, 5.74) is 1.38. The zero-order valence-corrected chi connectivity index (χ0v) is 16.4. The second-order valence-electron chi connectivity index (χ2n) is 5.90. The molecule has 1 atom stereocenters. The summed E-state index contributed by atoms with van der Waals surface area (Å²) in [5, 5.41) is 13.3. The fraction of sp³-hybridized carbons (Fsp3) is 0.333. The fourth-order valence-corrected chi connectivity index (χ4v) is 3.19. The maximum atomic E-state index is 11.5. The summed E-state index contributed by atoms with van der Waals surface area (Å²) < 4.78 is 5.75. The Balaban J connectivity index is 1.83. The number of hydrogen-bond acceptors (Lipinski definition) is 5. The van der Waals surface area contributed by atoms with Crippen molar-refractivity contribution in [2.75, 3.05) is 19.0 Å². The van der Waals surface area contributed by atoms with Gasteiger partial charge in [0.25, 0.3) is 0 Å². The molecule has 1 unspecified atom stereocenters. The van der Waals surface area contributed by atoms with Gasteiger partial charge in [0.1, 0.15) is 18.3 Å². The maximum absolute atomic E-state index is 11.5. The highest BCUT2D eigenvalue weighted by Crippen LogP contribution is 2.19. The lowest BCUT2D eigenvalue weighted by Gasteiger charge is -2.12. The van der Waals surface area contributed by atoms with Crippen LogP contribution in [0.1, 0.15) is 19.4 Å². The van der Waals surface area contributed by atoms with E-state index < -0.39 is 11.9 Å². The molecule has 5 nitrogen and oxygen atoms in total. The van der Waals surface area contributed by atoms with Crippen molar-refractivity contribution in [1.82, 2.24) is 0 Å². The first-order valence-corrected chi connectivity index (χ1v) is 9.87. The standard InChI is InChI=1S/C21H25NO4S/c1-3-26-22-16(2)20(21(23)24)15-17-9-11-18(12-10-17)25-13-14-27-19-7-5-4-6-8-19/h4-12,20H,3,13-15H2,1-2H3,(H,23,24). The van der Waals surface area contributed by atoms with Crippen molar-refractivity contribution >= 4 is 23.4 Å². The van der Waals surface area contributed by atoms with Gasteiger partial charge >= 0.3 is 5.97 Å². The number of aliphatic carboxylic acids is 1. The molecule has 0 aliphatic carbocycles. The topological polar surface area (TPSA) is 68.1 Å². The first-order chi connectivity index (χ1) is 13.1. The zero-order chi connectivity index (χ0) is 19.5. The number of carboxylic acid groups (broad SMARTS) is 1. The predicted molar refractivity (Wildman–Crippen MR) is 109 cm³/mol. The van der Waals surface area contributed by atoms with Gasteiger partial charge in [0, 0.05) is 10.6 Å². The lowest BCUT2D eigenvalue weighted by Crippen LogP contribution is -2.24. The van der Waals surface area contributed by atoms with Crippen LogP contribution in [0.15, 0.2) is 64.6 Å². The summed E-state index contributed by atoms with van der Waals surface area (Å²) in [7, 11) is 0. The second-order valence-corrected chi connectivity index (χ2v) is 7.07. The summed E-state index contributed by atoms with van der Waals surface area (Å²) in [6.45, 7) is 4.51. The number of thioether (sulfide) groups is 1. The van der Waals surface area contributed by atoms with E-state index in [9.17, 15) is 9.90 Å². The van der Waals surface area contributed by atoms with E-state index in [0.717, 1.165) is 17.1 Å². The van der Waals surface area contributed by atoms with Gasteiger partial charge < -0.3 is 14.7 Å². The van der Waals surface area contributed by atoms with Crippen molar-refractivity contribution in [2.45, 2.75) is 25.2 Å². The Morgan fingerprint density at radius 1 is 1.15 bits per heavy atom. The molecule has 6 heteroatoms. The van der Waals surface area contributed by atoms with Crippen LogP contribution in [0.3, 0.4) is 0 Å². The third kappa shape index (κ3) is 7.35. The molecule has 144 valence electrons. The van der Waals surface area contributed by atoms with E-state index in [1.54, 1.807) is 18.7 Å². The van der Waals surface area contributed by atoms with Gasteiger partial charge in [0.15, 0.2) is 0 Å². The largest absolute Gasteiger partial charge is 0.493 e. The van der Waals surface area contributed by atoms with E-state index in [4.69, 9.17) is 9.57 Å². The molecule has 0 aliphatic heterocycles. The molecule has 0 aliphatic rings. The molecule has 0 amide bonds. The Bertz CT molecular complexity index is 732. The van der Waals surface area contributed by atoms with Crippen molar-refractivity contribution in [2.24, 2.45) is 11.1 Å². The number of carbonyl (C=O) groups is 1. The van der Waals surface area contributed by atoms with Crippen molar-refractivity contribution in [1.29, 1.82) is 0 Å². The van der Waals surface area contributed by atoms with Crippen LogP contribution in [0.5, 0.6) is 5.75 Å². The SMILES string of the molecule is CCON=C(C)C(Cc1ccc(OCCSc2ccccc2)cc1)C(=O)O. The number of rotatable bonds is 11. The Morgan fingerprint density at radius 3 is 2.48 bits per heavy atom. The summed E-state index contributed by atoms with van der Waals surface area (Å²) in [6.07, 6.45) is 0.363. The first kappa shape index (κ1) is 20.8. The molecular formula is C21H25NO4S. The Hall–Kier alpha value is -2.47. The van der Waals surface area contributed by atoms with Crippen LogP contribution in [0.25, 0.3) is 0 Å². The van der Waals surface area contributed by atoms with Crippen molar-refractivity contribution in [3.63, 3.8) is 0 Å². The van der Waals surface area contributed by atoms with E-state index in [1.165, 1.54) is 4.90 Å². The second kappa shape index (κ2) is 11.3. The van der Waals surface area contributed by atoms with Gasteiger partial charge in [-0.3, -0.25) is 4.79 Å². The van der Waals surface area contributed by atoms with Crippen LogP contribution in [-0.2, 0) is 16.1 Å². The molecule has 27 heavy (non-hydrogen) atoms. The molecule has 0 spiro atoms. The molecule has 0 saturated heterocycles. The summed E-state index contributed by atoms with van der Waals surface area (Å²) in [6, 6.07) is 17.7. The molecule has 2 rings (SSSR count). The number of oxime groups is 1. The van der Waals surface area contributed by atoms with Crippen molar-refractivity contribution in [3.8, 4) is 5.75 Å². The molecule has 0 fully saturated rings. The quantitative estimate of drug-likeness (QED) is 0.266. The minimum atomic E-state index is -0.908. The summed E-state index contributed by atoms with van der Waals surface area (Å²) >= 11 is 1.75. The van der Waals surface area contributed by atoms with Crippen molar-refractivity contribution < 1.29 is 19.5 Å². The lowest BCUT2D eigenvalue weighted by atomic mass is 9.95. The normalized spacial score (nSPS) is 12.4. The predicted octanol–water partition coefficient (Wildman–Crippen LogP) is 4.51. The molecule has 0 aromatic heterocycles. The van der Waals surface area contributed by atoms with Gasteiger partial charge in [-0.1, -0.05) is 35.5 Å². The van der Waals surface area contributed by atoms with Crippen LogP contribution in [0, 0.1) is 5.92 Å². The van der Waals surface area contributed by atoms with Gasteiger partial charge in [0.2, 0.25) is 0 Å².